The highest BCUT2D eigenvalue weighted by Crippen LogP contribution is 2.57. The number of carbonyl (C=O) groups excluding carboxylic acids is 2. The minimum absolute atomic E-state index is 0.0254. The molecule has 2 fully saturated rings. The third-order valence-electron chi connectivity index (χ3n) is 5.32. The van der Waals surface area contributed by atoms with E-state index in [-0.39, 0.29) is 23.6 Å². The lowest BCUT2D eigenvalue weighted by Gasteiger charge is -2.43. The van der Waals surface area contributed by atoms with Crippen LogP contribution in [0.5, 0.6) is 0 Å². The first-order chi connectivity index (χ1) is 8.45. The maximum Gasteiger partial charge on any atom is 0.309 e. The molecule has 18 heavy (non-hydrogen) atoms. The van der Waals surface area contributed by atoms with Crippen molar-refractivity contribution in [1.29, 1.82) is 0 Å². The van der Waals surface area contributed by atoms with E-state index in [9.17, 15) is 9.59 Å². The smallest absolute Gasteiger partial charge is 0.309 e. The van der Waals surface area contributed by atoms with Crippen LogP contribution in [0.2, 0.25) is 0 Å². The van der Waals surface area contributed by atoms with Crippen molar-refractivity contribution in [1.82, 2.24) is 0 Å². The number of ketones is 1. The molecule has 0 bridgehead atoms. The number of esters is 1. The topological polar surface area (TPSA) is 43.4 Å². The van der Waals surface area contributed by atoms with Crippen LogP contribution in [0.1, 0.15) is 40.0 Å². The molecule has 3 aliphatic rings. The number of allylic oxidation sites excluding steroid dienone is 1. The van der Waals surface area contributed by atoms with Crippen molar-refractivity contribution in [2.45, 2.75) is 45.6 Å². The minimum atomic E-state index is -0.463. The van der Waals surface area contributed by atoms with Crippen LogP contribution in [0.4, 0.5) is 0 Å². The fraction of sp³-hybridized carbons (Fsp3) is 0.733. The molecule has 3 nitrogen and oxygen atoms in total. The van der Waals surface area contributed by atoms with Gasteiger partial charge in [0.15, 0.2) is 5.78 Å². The molecule has 0 unspecified atom stereocenters. The fourth-order valence-corrected chi connectivity index (χ4v) is 4.23. The first-order valence-corrected chi connectivity index (χ1v) is 6.91. The van der Waals surface area contributed by atoms with Crippen molar-refractivity contribution < 1.29 is 14.3 Å². The average molecular weight is 248 g/mol. The van der Waals surface area contributed by atoms with Crippen LogP contribution in [0.25, 0.3) is 0 Å². The van der Waals surface area contributed by atoms with E-state index in [0.29, 0.717) is 11.8 Å². The van der Waals surface area contributed by atoms with Gasteiger partial charge in [-0.2, -0.15) is 0 Å². The Balaban J connectivity index is 2.06. The van der Waals surface area contributed by atoms with Crippen molar-refractivity contribution in [3.8, 4) is 0 Å². The summed E-state index contributed by atoms with van der Waals surface area (Å²) < 4.78 is 5.77. The van der Waals surface area contributed by atoms with Crippen molar-refractivity contribution in [2.24, 2.45) is 23.7 Å². The van der Waals surface area contributed by atoms with E-state index in [4.69, 9.17) is 4.74 Å². The summed E-state index contributed by atoms with van der Waals surface area (Å²) in [6, 6.07) is 0. The summed E-state index contributed by atoms with van der Waals surface area (Å²) in [4.78, 5) is 23.6. The van der Waals surface area contributed by atoms with Gasteiger partial charge >= 0.3 is 5.97 Å². The normalized spacial score (nSPS) is 46.2. The standard InChI is InChI=1S/C15H20O3/c1-8-4-5-12-9(2)14(17)18-15(12)7-11(10(3)16)6-13(8)15/h7-9,12-13H,4-6H2,1-3H3/t8-,9-,12+,13-,15+/m1/s1. The van der Waals surface area contributed by atoms with E-state index in [1.165, 1.54) is 0 Å². The molecule has 3 heteroatoms. The molecule has 2 aliphatic carbocycles. The first kappa shape index (κ1) is 11.9. The van der Waals surface area contributed by atoms with Gasteiger partial charge in [-0.1, -0.05) is 13.8 Å². The Hall–Kier alpha value is -1.12. The number of hydrogen-bond donors (Lipinski definition) is 0. The fourth-order valence-electron chi connectivity index (χ4n) is 4.23. The average Bonchev–Trinajstić information content (AvgIpc) is 2.79. The van der Waals surface area contributed by atoms with E-state index in [0.717, 1.165) is 24.8 Å². The van der Waals surface area contributed by atoms with Crippen LogP contribution in [-0.4, -0.2) is 17.4 Å². The minimum Gasteiger partial charge on any atom is -0.454 e. The molecule has 0 amide bonds. The van der Waals surface area contributed by atoms with Gasteiger partial charge < -0.3 is 4.74 Å². The van der Waals surface area contributed by atoms with Crippen LogP contribution in [0.15, 0.2) is 11.6 Å². The van der Waals surface area contributed by atoms with E-state index in [1.54, 1.807) is 6.92 Å². The van der Waals surface area contributed by atoms with E-state index in [1.807, 2.05) is 13.0 Å². The molecule has 0 aromatic heterocycles. The number of hydrogen-bond acceptors (Lipinski definition) is 3. The van der Waals surface area contributed by atoms with Crippen LogP contribution in [0.3, 0.4) is 0 Å². The second-order valence-corrected chi connectivity index (χ2v) is 6.26. The Kier molecular flexibility index (Phi) is 2.45. The van der Waals surface area contributed by atoms with Crippen molar-refractivity contribution in [2.75, 3.05) is 0 Å². The summed E-state index contributed by atoms with van der Waals surface area (Å²) in [5, 5.41) is 0. The summed E-state index contributed by atoms with van der Waals surface area (Å²) >= 11 is 0. The van der Waals surface area contributed by atoms with Gasteiger partial charge in [-0.15, -0.1) is 0 Å². The molecule has 0 aromatic carbocycles. The molecule has 98 valence electrons. The van der Waals surface area contributed by atoms with Gasteiger partial charge in [-0.3, -0.25) is 9.59 Å². The van der Waals surface area contributed by atoms with E-state index >= 15 is 0 Å². The maximum atomic E-state index is 11.9. The zero-order chi connectivity index (χ0) is 13.1. The van der Waals surface area contributed by atoms with Gasteiger partial charge in [0.05, 0.1) is 5.92 Å². The summed E-state index contributed by atoms with van der Waals surface area (Å²) in [6.07, 6.45) is 4.94. The largest absolute Gasteiger partial charge is 0.454 e. The quantitative estimate of drug-likeness (QED) is 0.670. The molecule has 3 rings (SSSR count). The monoisotopic (exact) mass is 248 g/mol. The molecule has 1 saturated heterocycles. The Labute approximate surface area is 108 Å². The van der Waals surface area contributed by atoms with E-state index < -0.39 is 5.60 Å². The predicted molar refractivity (Wildman–Crippen MR) is 66.7 cm³/mol. The number of rotatable bonds is 1. The van der Waals surface area contributed by atoms with Gasteiger partial charge in [0.2, 0.25) is 0 Å². The molecule has 1 saturated carbocycles. The van der Waals surface area contributed by atoms with Crippen LogP contribution in [0, 0.1) is 23.7 Å². The molecule has 0 aromatic rings. The van der Waals surface area contributed by atoms with Crippen molar-refractivity contribution in [3.63, 3.8) is 0 Å². The number of carbonyl (C=O) groups is 2. The summed E-state index contributed by atoms with van der Waals surface area (Å²) in [5.41, 5.74) is 0.399. The lowest BCUT2D eigenvalue weighted by molar-refractivity contribution is -0.153. The lowest BCUT2D eigenvalue weighted by atomic mass is 9.63. The van der Waals surface area contributed by atoms with Crippen molar-refractivity contribution in [3.05, 3.63) is 11.6 Å². The predicted octanol–water partition coefficient (Wildman–Crippen LogP) is 2.50. The number of Topliss-reactive ketones (excluding diaryl/α,β-unsaturated/α-hetero) is 1. The molecule has 1 aliphatic heterocycles. The van der Waals surface area contributed by atoms with Gasteiger partial charge in [0.1, 0.15) is 5.60 Å². The SMILES string of the molecule is CC(=O)C1=C[C@]23OC(=O)[C@H](C)[C@@H]2CC[C@@H](C)[C@H]3C1. The molecule has 1 spiro atoms. The maximum absolute atomic E-state index is 11.9. The number of ether oxygens (including phenoxy) is 1. The molecular weight excluding hydrogens is 228 g/mol. The van der Waals surface area contributed by atoms with Gasteiger partial charge in [0, 0.05) is 11.8 Å². The molecule has 0 radical (unpaired) electrons. The zero-order valence-corrected chi connectivity index (χ0v) is 11.2. The zero-order valence-electron chi connectivity index (χ0n) is 11.2. The molecule has 0 N–H and O–H groups in total. The highest BCUT2D eigenvalue weighted by atomic mass is 16.6. The summed E-state index contributed by atoms with van der Waals surface area (Å²) in [5.74, 6) is 1.11. The van der Waals surface area contributed by atoms with Crippen molar-refractivity contribution >= 4 is 11.8 Å². The highest BCUT2D eigenvalue weighted by molar-refractivity contribution is 5.94. The lowest BCUT2D eigenvalue weighted by Crippen LogP contribution is -2.46. The first-order valence-electron chi connectivity index (χ1n) is 6.91. The Bertz CT molecular complexity index is 451. The Morgan fingerprint density at radius 3 is 2.72 bits per heavy atom. The molecule has 5 atom stereocenters. The summed E-state index contributed by atoms with van der Waals surface area (Å²) in [7, 11) is 0. The van der Waals surface area contributed by atoms with Crippen LogP contribution in [-0.2, 0) is 14.3 Å². The molecule has 1 heterocycles. The third kappa shape index (κ3) is 1.36. The van der Waals surface area contributed by atoms with E-state index in [2.05, 4.69) is 6.92 Å². The second kappa shape index (κ2) is 3.69. The Morgan fingerprint density at radius 2 is 2.06 bits per heavy atom. The third-order valence-corrected chi connectivity index (χ3v) is 5.32. The molecular formula is C15H20O3. The van der Waals surface area contributed by atoms with Crippen LogP contribution < -0.4 is 0 Å². The van der Waals surface area contributed by atoms with Gasteiger partial charge in [-0.25, -0.2) is 0 Å². The second-order valence-electron chi connectivity index (χ2n) is 6.26. The van der Waals surface area contributed by atoms with Gasteiger partial charge in [0.25, 0.3) is 0 Å². The summed E-state index contributed by atoms with van der Waals surface area (Å²) in [6.45, 7) is 5.80. The van der Waals surface area contributed by atoms with Crippen LogP contribution >= 0.6 is 0 Å². The van der Waals surface area contributed by atoms with Gasteiger partial charge in [-0.05, 0) is 43.8 Å². The highest BCUT2D eigenvalue weighted by Gasteiger charge is 2.62. The Morgan fingerprint density at radius 1 is 1.33 bits per heavy atom.